The van der Waals surface area contributed by atoms with Crippen molar-refractivity contribution in [3.8, 4) is 5.75 Å². The topological polar surface area (TPSA) is 97.3 Å². The zero-order valence-corrected chi connectivity index (χ0v) is 22.9. The van der Waals surface area contributed by atoms with Crippen LogP contribution in [0.2, 0.25) is 0 Å². The molecule has 4 rings (SSSR count). The van der Waals surface area contributed by atoms with E-state index in [1.165, 1.54) is 18.1 Å². The molecule has 2 fully saturated rings. The molecule has 11 heteroatoms. The van der Waals surface area contributed by atoms with Crippen LogP contribution in [0.5, 0.6) is 5.75 Å². The van der Waals surface area contributed by atoms with Gasteiger partial charge in [0.2, 0.25) is 0 Å². The summed E-state index contributed by atoms with van der Waals surface area (Å²) in [5.41, 5.74) is -0.226. The Labute approximate surface area is 231 Å². The molecule has 2 N–H and O–H groups in total. The molecule has 0 aromatic heterocycles. The van der Waals surface area contributed by atoms with E-state index in [-0.39, 0.29) is 25.5 Å². The molecule has 1 amide bonds. The van der Waals surface area contributed by atoms with Crippen molar-refractivity contribution < 1.29 is 42.1 Å². The van der Waals surface area contributed by atoms with Crippen LogP contribution in [0.25, 0.3) is 0 Å². The number of ether oxygens (including phenoxy) is 3. The number of amides is 1. The van der Waals surface area contributed by atoms with Gasteiger partial charge in [-0.05, 0) is 23.1 Å². The van der Waals surface area contributed by atoms with Crippen molar-refractivity contribution in [1.29, 1.82) is 0 Å². The fourth-order valence-corrected chi connectivity index (χ4v) is 5.82. The van der Waals surface area contributed by atoms with Crippen molar-refractivity contribution >= 4 is 11.9 Å². The molecule has 0 bridgehead atoms. The molecular weight excluding hydrogens is 529 g/mol. The zero-order chi connectivity index (χ0) is 29.2. The Hall–Kier alpha value is -3.15. The molecule has 2 aromatic rings. The van der Waals surface area contributed by atoms with Crippen LogP contribution in [0.4, 0.5) is 13.2 Å². The largest absolute Gasteiger partial charge is 0.496 e. The van der Waals surface area contributed by atoms with Crippen molar-refractivity contribution in [3.05, 3.63) is 65.2 Å². The van der Waals surface area contributed by atoms with E-state index < -0.39 is 59.2 Å². The van der Waals surface area contributed by atoms with Gasteiger partial charge in [0, 0.05) is 24.1 Å². The molecule has 5 atom stereocenters. The fraction of sp³-hybridized carbons (Fsp3) is 0.517. The number of aliphatic carboxylic acids is 1. The molecule has 0 radical (unpaired) electrons. The van der Waals surface area contributed by atoms with Crippen LogP contribution in [-0.2, 0) is 31.8 Å². The Bertz CT molecular complexity index is 1190. The van der Waals surface area contributed by atoms with Crippen LogP contribution in [0.3, 0.4) is 0 Å². The molecule has 0 spiro atoms. The molecule has 40 heavy (non-hydrogen) atoms. The Morgan fingerprint density at radius 2 is 1.80 bits per heavy atom. The summed E-state index contributed by atoms with van der Waals surface area (Å²) in [6.07, 6.45) is -5.47. The molecule has 2 saturated heterocycles. The molecule has 2 aliphatic heterocycles. The van der Waals surface area contributed by atoms with Gasteiger partial charge in [-0.3, -0.25) is 4.79 Å². The molecule has 2 heterocycles. The number of methoxy groups -OCH3 is 1. The first-order valence-corrected chi connectivity index (χ1v) is 13.1. The lowest BCUT2D eigenvalue weighted by molar-refractivity contribution is -0.167. The van der Waals surface area contributed by atoms with Crippen LogP contribution in [-0.4, -0.2) is 67.0 Å². The third-order valence-corrected chi connectivity index (χ3v) is 7.55. The minimum Gasteiger partial charge on any atom is -0.496 e. The first-order valence-electron chi connectivity index (χ1n) is 13.1. The number of carboxylic acid groups (broad SMARTS) is 1. The van der Waals surface area contributed by atoms with Gasteiger partial charge in [-0.15, -0.1) is 0 Å². The maximum Gasteiger partial charge on any atom is 0.416 e. The van der Waals surface area contributed by atoms with Crippen LogP contribution in [0.15, 0.2) is 48.5 Å². The SMILES string of the molecule is COc1cc(C(F)(F)F)ccc1CNC1C(c2ccccc2)N(C(=O)C2COCCO2)C(C(=O)O)C1C(C)(C)C. The molecule has 0 aliphatic carbocycles. The molecule has 5 unspecified atom stereocenters. The normalized spacial score (nSPS) is 25.6. The minimum absolute atomic E-state index is 0.0181. The number of halogens is 3. The van der Waals surface area contributed by atoms with Crippen LogP contribution in [0, 0.1) is 11.3 Å². The molecule has 218 valence electrons. The molecule has 2 aliphatic rings. The number of nitrogens with one attached hydrogen (secondary N) is 1. The van der Waals surface area contributed by atoms with Crippen LogP contribution >= 0.6 is 0 Å². The summed E-state index contributed by atoms with van der Waals surface area (Å²) in [7, 11) is 1.30. The Balaban J connectivity index is 1.78. The maximum absolute atomic E-state index is 13.9. The lowest BCUT2D eigenvalue weighted by atomic mass is 9.72. The van der Waals surface area contributed by atoms with Crippen molar-refractivity contribution in [2.75, 3.05) is 26.9 Å². The lowest BCUT2D eigenvalue weighted by Gasteiger charge is -2.36. The highest BCUT2D eigenvalue weighted by atomic mass is 19.4. The molecule has 8 nitrogen and oxygen atoms in total. The average molecular weight is 565 g/mol. The average Bonchev–Trinajstić information content (AvgIpc) is 3.28. The van der Waals surface area contributed by atoms with Gasteiger partial charge in [0.15, 0.2) is 6.10 Å². The summed E-state index contributed by atoms with van der Waals surface area (Å²) >= 11 is 0. The van der Waals surface area contributed by atoms with Crippen molar-refractivity contribution in [2.45, 2.75) is 57.7 Å². The number of likely N-dealkylation sites (tertiary alicyclic amines) is 1. The van der Waals surface area contributed by atoms with Gasteiger partial charge in [0.25, 0.3) is 5.91 Å². The predicted molar refractivity (Wildman–Crippen MR) is 140 cm³/mol. The zero-order valence-electron chi connectivity index (χ0n) is 22.9. The number of carbonyl (C=O) groups is 2. The highest BCUT2D eigenvalue weighted by Crippen LogP contribution is 2.48. The van der Waals surface area contributed by atoms with E-state index in [1.54, 1.807) is 0 Å². The number of carboxylic acids is 1. The number of carbonyl (C=O) groups excluding carboxylic acids is 1. The molecule has 0 saturated carbocycles. The number of benzene rings is 2. The van der Waals surface area contributed by atoms with Crippen LogP contribution < -0.4 is 10.1 Å². The van der Waals surface area contributed by atoms with Gasteiger partial charge >= 0.3 is 12.1 Å². The first-order chi connectivity index (χ1) is 18.8. The van der Waals surface area contributed by atoms with Crippen LogP contribution in [0.1, 0.15) is 43.5 Å². The second kappa shape index (κ2) is 11.8. The number of alkyl halides is 3. The van der Waals surface area contributed by atoms with E-state index in [4.69, 9.17) is 14.2 Å². The van der Waals surface area contributed by atoms with Crippen molar-refractivity contribution in [3.63, 3.8) is 0 Å². The smallest absolute Gasteiger partial charge is 0.416 e. The van der Waals surface area contributed by atoms with Crippen molar-refractivity contribution in [2.24, 2.45) is 11.3 Å². The summed E-state index contributed by atoms with van der Waals surface area (Å²) < 4.78 is 56.3. The number of nitrogens with zero attached hydrogens (tertiary/aromatic N) is 1. The summed E-state index contributed by atoms with van der Waals surface area (Å²) in [4.78, 5) is 28.2. The van der Waals surface area contributed by atoms with E-state index in [9.17, 15) is 27.9 Å². The Morgan fingerprint density at radius 1 is 1.10 bits per heavy atom. The van der Waals surface area contributed by atoms with Crippen molar-refractivity contribution in [1.82, 2.24) is 10.2 Å². The predicted octanol–water partition coefficient (Wildman–Crippen LogP) is 4.29. The monoisotopic (exact) mass is 564 g/mol. The summed E-state index contributed by atoms with van der Waals surface area (Å²) in [5, 5.41) is 13.9. The Morgan fingerprint density at radius 3 is 2.35 bits per heavy atom. The van der Waals surface area contributed by atoms with Gasteiger partial charge in [-0.25, -0.2) is 4.79 Å². The second-order valence-corrected chi connectivity index (χ2v) is 11.1. The number of hydrogen-bond acceptors (Lipinski definition) is 6. The first kappa shape index (κ1) is 29.8. The van der Waals surface area contributed by atoms with E-state index in [0.29, 0.717) is 12.2 Å². The minimum atomic E-state index is -4.53. The maximum atomic E-state index is 13.9. The summed E-state index contributed by atoms with van der Waals surface area (Å²) in [6.45, 7) is 6.41. The second-order valence-electron chi connectivity index (χ2n) is 11.1. The summed E-state index contributed by atoms with van der Waals surface area (Å²) in [6, 6.07) is 9.91. The third kappa shape index (κ3) is 6.11. The Kier molecular flexibility index (Phi) is 8.77. The highest BCUT2D eigenvalue weighted by Gasteiger charge is 2.58. The number of rotatable bonds is 7. The fourth-order valence-electron chi connectivity index (χ4n) is 5.82. The standard InChI is InChI=1S/C29H35F3N2O6/c1-28(2,3)22-23(33-15-18-10-11-19(29(30,31)32)14-20(18)38-4)24(17-8-6-5-7-9-17)34(25(22)27(36)37)26(35)21-16-39-12-13-40-21/h5-11,14,21-25,33H,12-13,15-16H2,1-4H3,(H,36,37). The highest BCUT2D eigenvalue weighted by molar-refractivity contribution is 5.88. The quantitative estimate of drug-likeness (QED) is 0.518. The van der Waals surface area contributed by atoms with Gasteiger partial charge in [-0.2, -0.15) is 13.2 Å². The molecular formula is C29H35F3N2O6. The van der Waals surface area contributed by atoms with Gasteiger partial charge in [0.05, 0.1) is 38.5 Å². The van der Waals surface area contributed by atoms with Gasteiger partial charge in [0.1, 0.15) is 11.8 Å². The van der Waals surface area contributed by atoms with E-state index >= 15 is 0 Å². The van der Waals surface area contributed by atoms with E-state index in [0.717, 1.165) is 17.7 Å². The van der Waals surface area contributed by atoms with E-state index in [2.05, 4.69) is 5.32 Å². The molecule has 2 aromatic carbocycles. The van der Waals surface area contributed by atoms with Gasteiger partial charge < -0.3 is 29.5 Å². The number of hydrogen-bond donors (Lipinski definition) is 2. The van der Waals surface area contributed by atoms with Gasteiger partial charge in [-0.1, -0.05) is 57.2 Å². The van der Waals surface area contributed by atoms with E-state index in [1.807, 2.05) is 51.1 Å². The third-order valence-electron chi connectivity index (χ3n) is 7.55. The summed E-state index contributed by atoms with van der Waals surface area (Å²) in [5.74, 6) is -2.16. The lowest BCUT2D eigenvalue weighted by Crippen LogP contribution is -2.52.